The zero-order valence-electron chi connectivity index (χ0n) is 11.4. The SMILES string of the molecule is Cc1cc(F)cc(C(Br)c2ccc(F)c3ccccc23)c1. The average molecular weight is 347 g/mol. The quantitative estimate of drug-likeness (QED) is 0.506. The third-order valence-electron chi connectivity index (χ3n) is 3.53. The van der Waals surface area contributed by atoms with Crippen molar-refractivity contribution in [2.45, 2.75) is 11.8 Å². The number of hydrogen-bond acceptors (Lipinski definition) is 0. The molecule has 0 fully saturated rings. The molecule has 0 saturated carbocycles. The third kappa shape index (κ3) is 2.70. The van der Waals surface area contributed by atoms with Crippen LogP contribution in [0.2, 0.25) is 0 Å². The van der Waals surface area contributed by atoms with E-state index >= 15 is 0 Å². The summed E-state index contributed by atoms with van der Waals surface area (Å²) in [5.74, 6) is -0.509. The number of aryl methyl sites for hydroxylation is 1. The number of alkyl halides is 1. The van der Waals surface area contributed by atoms with Crippen LogP contribution in [0.25, 0.3) is 10.8 Å². The first-order valence-corrected chi connectivity index (χ1v) is 7.56. The standard InChI is InChI=1S/C18H13BrF2/c1-11-8-12(10-13(20)9-11)18(19)16-6-7-17(21)15-5-3-2-4-14(15)16/h2-10,18H,1H3. The number of benzene rings is 3. The van der Waals surface area contributed by atoms with Gasteiger partial charge in [0.15, 0.2) is 0 Å². The van der Waals surface area contributed by atoms with E-state index in [4.69, 9.17) is 0 Å². The van der Waals surface area contributed by atoms with Crippen LogP contribution in [-0.4, -0.2) is 0 Å². The molecule has 21 heavy (non-hydrogen) atoms. The molecule has 3 heteroatoms. The van der Waals surface area contributed by atoms with Gasteiger partial charge in [-0.15, -0.1) is 0 Å². The predicted octanol–water partition coefficient (Wildman–Crippen LogP) is 5.91. The molecular weight excluding hydrogens is 334 g/mol. The van der Waals surface area contributed by atoms with Gasteiger partial charge in [0.1, 0.15) is 11.6 Å². The van der Waals surface area contributed by atoms with Crippen LogP contribution in [0.5, 0.6) is 0 Å². The smallest absolute Gasteiger partial charge is 0.131 e. The van der Waals surface area contributed by atoms with Crippen LogP contribution < -0.4 is 0 Å². The maximum atomic E-state index is 13.9. The third-order valence-corrected chi connectivity index (χ3v) is 4.56. The van der Waals surface area contributed by atoms with E-state index in [1.165, 1.54) is 18.2 Å². The summed E-state index contributed by atoms with van der Waals surface area (Å²) in [7, 11) is 0. The minimum absolute atomic E-state index is 0.183. The Kier molecular flexibility index (Phi) is 3.77. The van der Waals surface area contributed by atoms with Crippen molar-refractivity contribution in [3.05, 3.63) is 82.9 Å². The van der Waals surface area contributed by atoms with E-state index < -0.39 is 0 Å². The normalized spacial score (nSPS) is 12.6. The summed E-state index contributed by atoms with van der Waals surface area (Å²) >= 11 is 3.62. The van der Waals surface area contributed by atoms with Crippen LogP contribution in [0.1, 0.15) is 21.5 Å². The molecule has 0 N–H and O–H groups in total. The maximum absolute atomic E-state index is 13.9. The van der Waals surface area contributed by atoms with E-state index in [0.29, 0.717) is 5.39 Å². The van der Waals surface area contributed by atoms with Crippen molar-refractivity contribution in [2.75, 3.05) is 0 Å². The minimum Gasteiger partial charge on any atom is -0.207 e. The highest BCUT2D eigenvalue weighted by Gasteiger charge is 2.16. The van der Waals surface area contributed by atoms with Crippen molar-refractivity contribution in [3.63, 3.8) is 0 Å². The summed E-state index contributed by atoms with van der Waals surface area (Å²) in [6.45, 7) is 1.86. The Balaban J connectivity index is 2.18. The summed E-state index contributed by atoms with van der Waals surface area (Å²) in [6, 6.07) is 15.5. The second-order valence-electron chi connectivity index (χ2n) is 5.11. The molecule has 0 spiro atoms. The largest absolute Gasteiger partial charge is 0.207 e. The van der Waals surface area contributed by atoms with E-state index in [1.54, 1.807) is 12.1 Å². The molecule has 0 amide bonds. The van der Waals surface area contributed by atoms with Crippen LogP contribution in [0.4, 0.5) is 8.78 Å². The highest BCUT2D eigenvalue weighted by atomic mass is 79.9. The molecule has 0 aromatic heterocycles. The lowest BCUT2D eigenvalue weighted by atomic mass is 9.97. The van der Waals surface area contributed by atoms with E-state index in [9.17, 15) is 8.78 Å². The van der Waals surface area contributed by atoms with Gasteiger partial charge < -0.3 is 0 Å². The molecule has 3 aromatic carbocycles. The molecular formula is C18H13BrF2. The summed E-state index contributed by atoms with van der Waals surface area (Å²) in [5, 5.41) is 1.41. The van der Waals surface area contributed by atoms with Crippen molar-refractivity contribution in [3.8, 4) is 0 Å². The lowest BCUT2D eigenvalue weighted by molar-refractivity contribution is 0.624. The zero-order valence-corrected chi connectivity index (χ0v) is 13.0. The van der Waals surface area contributed by atoms with Crippen molar-refractivity contribution in [1.29, 1.82) is 0 Å². The molecule has 0 heterocycles. The lowest BCUT2D eigenvalue weighted by Gasteiger charge is -2.15. The molecule has 0 saturated heterocycles. The fourth-order valence-corrected chi connectivity index (χ4v) is 3.26. The summed E-state index contributed by atoms with van der Waals surface area (Å²) < 4.78 is 27.5. The fourth-order valence-electron chi connectivity index (χ4n) is 2.60. The van der Waals surface area contributed by atoms with E-state index in [1.807, 2.05) is 31.2 Å². The van der Waals surface area contributed by atoms with Gasteiger partial charge in [0.2, 0.25) is 0 Å². The second-order valence-corrected chi connectivity index (χ2v) is 6.02. The average Bonchev–Trinajstić information content (AvgIpc) is 2.46. The maximum Gasteiger partial charge on any atom is 0.131 e. The molecule has 0 bridgehead atoms. The molecule has 0 radical (unpaired) electrons. The summed E-state index contributed by atoms with van der Waals surface area (Å²) in [6.07, 6.45) is 0. The first kappa shape index (κ1) is 14.2. The van der Waals surface area contributed by atoms with Gasteiger partial charge in [0, 0.05) is 5.39 Å². The predicted molar refractivity (Wildman–Crippen MR) is 85.8 cm³/mol. The second kappa shape index (κ2) is 5.57. The Morgan fingerprint density at radius 3 is 2.33 bits per heavy atom. The number of halogens is 3. The minimum atomic E-state index is -0.263. The van der Waals surface area contributed by atoms with Crippen molar-refractivity contribution in [2.24, 2.45) is 0 Å². The molecule has 1 unspecified atom stereocenters. The van der Waals surface area contributed by atoms with Gasteiger partial charge in [0.25, 0.3) is 0 Å². The zero-order chi connectivity index (χ0) is 15.0. The van der Waals surface area contributed by atoms with Crippen molar-refractivity contribution < 1.29 is 8.78 Å². The topological polar surface area (TPSA) is 0 Å². The van der Waals surface area contributed by atoms with Gasteiger partial charge in [-0.25, -0.2) is 8.78 Å². The van der Waals surface area contributed by atoms with Crippen LogP contribution in [0, 0.1) is 18.6 Å². The number of hydrogen-bond donors (Lipinski definition) is 0. The highest BCUT2D eigenvalue weighted by Crippen LogP contribution is 2.36. The molecule has 3 aromatic rings. The van der Waals surface area contributed by atoms with Gasteiger partial charge in [0.05, 0.1) is 4.83 Å². The van der Waals surface area contributed by atoms with Gasteiger partial charge >= 0.3 is 0 Å². The first-order chi connectivity index (χ1) is 10.1. The van der Waals surface area contributed by atoms with Gasteiger partial charge in [-0.05, 0) is 47.2 Å². The summed E-state index contributed by atoms with van der Waals surface area (Å²) in [4.78, 5) is -0.183. The van der Waals surface area contributed by atoms with Crippen LogP contribution in [0.15, 0.2) is 54.6 Å². The number of fused-ring (bicyclic) bond motifs is 1. The van der Waals surface area contributed by atoms with E-state index in [-0.39, 0.29) is 16.5 Å². The van der Waals surface area contributed by atoms with Crippen molar-refractivity contribution >= 4 is 26.7 Å². The Morgan fingerprint density at radius 2 is 1.62 bits per heavy atom. The first-order valence-electron chi connectivity index (χ1n) is 6.64. The Bertz CT molecular complexity index is 791. The Morgan fingerprint density at radius 1 is 0.905 bits per heavy atom. The lowest BCUT2D eigenvalue weighted by Crippen LogP contribution is -1.97. The van der Waals surface area contributed by atoms with Crippen LogP contribution in [0.3, 0.4) is 0 Å². The summed E-state index contributed by atoms with van der Waals surface area (Å²) in [5.41, 5.74) is 2.61. The van der Waals surface area contributed by atoms with Crippen LogP contribution >= 0.6 is 15.9 Å². The molecule has 106 valence electrons. The highest BCUT2D eigenvalue weighted by molar-refractivity contribution is 9.09. The molecule has 0 aliphatic heterocycles. The van der Waals surface area contributed by atoms with E-state index in [2.05, 4.69) is 15.9 Å². The number of rotatable bonds is 2. The monoisotopic (exact) mass is 346 g/mol. The Labute approximate surface area is 130 Å². The van der Waals surface area contributed by atoms with Gasteiger partial charge in [-0.2, -0.15) is 0 Å². The Hall–Kier alpha value is -1.74. The molecule has 0 aliphatic rings. The van der Waals surface area contributed by atoms with Crippen molar-refractivity contribution in [1.82, 2.24) is 0 Å². The van der Waals surface area contributed by atoms with Crippen LogP contribution in [-0.2, 0) is 0 Å². The molecule has 0 nitrogen and oxygen atoms in total. The van der Waals surface area contributed by atoms with Gasteiger partial charge in [-0.1, -0.05) is 52.3 Å². The fraction of sp³-hybridized carbons (Fsp3) is 0.111. The van der Waals surface area contributed by atoms with Gasteiger partial charge in [-0.3, -0.25) is 0 Å². The molecule has 1 atom stereocenters. The van der Waals surface area contributed by atoms with E-state index in [0.717, 1.165) is 22.1 Å². The molecule has 0 aliphatic carbocycles. The molecule has 3 rings (SSSR count).